The van der Waals surface area contributed by atoms with Crippen molar-refractivity contribution in [3.05, 3.63) is 12.2 Å². The van der Waals surface area contributed by atoms with Crippen molar-refractivity contribution in [3.8, 4) is 0 Å². The summed E-state index contributed by atoms with van der Waals surface area (Å²) in [4.78, 5) is 4.42. The molecule has 1 aliphatic rings. The van der Waals surface area contributed by atoms with Crippen molar-refractivity contribution in [2.45, 2.75) is 58.0 Å². The fourth-order valence-electron chi connectivity index (χ4n) is 2.91. The van der Waals surface area contributed by atoms with E-state index < -0.39 is 0 Å². The molecule has 1 aromatic heterocycles. The first kappa shape index (κ1) is 12.6. The molecule has 1 N–H and O–H groups in total. The predicted octanol–water partition coefficient (Wildman–Crippen LogP) is 2.01. The van der Waals surface area contributed by atoms with Crippen molar-refractivity contribution in [2.75, 3.05) is 7.05 Å². The summed E-state index contributed by atoms with van der Waals surface area (Å²) in [5.41, 5.74) is 0. The second kappa shape index (κ2) is 6.15. The van der Waals surface area contributed by atoms with E-state index in [1.54, 1.807) is 6.33 Å². The smallest absolute Gasteiger partial charge is 0.138 e. The number of nitrogens with one attached hydrogen (secondary N) is 1. The lowest BCUT2D eigenvalue weighted by Crippen LogP contribution is -2.37. The fraction of sp³-hybridized carbons (Fsp3) is 0.846. The van der Waals surface area contributed by atoms with Crippen molar-refractivity contribution in [1.29, 1.82) is 0 Å². The third-order valence-corrected chi connectivity index (χ3v) is 3.86. The van der Waals surface area contributed by atoms with E-state index in [0.29, 0.717) is 6.04 Å². The number of nitrogens with zero attached hydrogens (tertiary/aromatic N) is 3. The van der Waals surface area contributed by atoms with E-state index in [9.17, 15) is 0 Å². The molecule has 0 amide bonds. The van der Waals surface area contributed by atoms with Crippen LogP contribution in [0, 0.1) is 5.92 Å². The van der Waals surface area contributed by atoms with Crippen LogP contribution in [-0.2, 0) is 13.0 Å². The van der Waals surface area contributed by atoms with Crippen molar-refractivity contribution >= 4 is 0 Å². The highest BCUT2D eigenvalue weighted by Gasteiger charge is 2.25. The summed E-state index contributed by atoms with van der Waals surface area (Å²) in [5.74, 6) is 1.90. The Morgan fingerprint density at radius 2 is 2.24 bits per heavy atom. The molecule has 1 aromatic rings. The van der Waals surface area contributed by atoms with Gasteiger partial charge in [0.05, 0.1) is 0 Å². The molecule has 1 aliphatic carbocycles. The predicted molar refractivity (Wildman–Crippen MR) is 68.8 cm³/mol. The van der Waals surface area contributed by atoms with Gasteiger partial charge in [-0.15, -0.1) is 0 Å². The summed E-state index contributed by atoms with van der Waals surface area (Å²) < 4.78 is 2.07. The van der Waals surface area contributed by atoms with Gasteiger partial charge in [0.15, 0.2) is 0 Å². The molecule has 0 radical (unpaired) electrons. The zero-order chi connectivity index (χ0) is 12.1. The van der Waals surface area contributed by atoms with Crippen LogP contribution in [0.2, 0.25) is 0 Å². The molecule has 1 fully saturated rings. The van der Waals surface area contributed by atoms with E-state index in [1.165, 1.54) is 31.5 Å². The molecule has 0 bridgehead atoms. The van der Waals surface area contributed by atoms with Gasteiger partial charge in [-0.25, -0.2) is 4.98 Å². The lowest BCUT2D eigenvalue weighted by atomic mass is 9.82. The van der Waals surface area contributed by atoms with Gasteiger partial charge in [-0.2, -0.15) is 5.10 Å². The zero-order valence-electron chi connectivity index (χ0n) is 11.0. The Labute approximate surface area is 104 Å². The van der Waals surface area contributed by atoms with E-state index >= 15 is 0 Å². The molecule has 17 heavy (non-hydrogen) atoms. The topological polar surface area (TPSA) is 42.7 Å². The maximum atomic E-state index is 4.42. The van der Waals surface area contributed by atoms with Crippen LogP contribution in [0.4, 0.5) is 0 Å². The molecule has 2 unspecified atom stereocenters. The largest absolute Gasteiger partial charge is 0.317 e. The first-order valence-corrected chi connectivity index (χ1v) is 6.89. The Hall–Kier alpha value is -0.900. The highest BCUT2D eigenvalue weighted by Crippen LogP contribution is 2.26. The third kappa shape index (κ3) is 3.06. The van der Waals surface area contributed by atoms with E-state index in [2.05, 4.69) is 34.1 Å². The second-order valence-corrected chi connectivity index (χ2v) is 5.04. The van der Waals surface area contributed by atoms with Crippen LogP contribution in [0.1, 0.15) is 44.9 Å². The minimum absolute atomic E-state index is 0.663. The quantitative estimate of drug-likeness (QED) is 0.850. The molecular formula is C13H24N4. The maximum Gasteiger partial charge on any atom is 0.138 e. The Morgan fingerprint density at radius 1 is 1.41 bits per heavy atom. The minimum Gasteiger partial charge on any atom is -0.317 e. The normalized spacial score (nSPS) is 25.1. The first-order chi connectivity index (χ1) is 8.35. The summed E-state index contributed by atoms with van der Waals surface area (Å²) in [5, 5.41) is 7.77. The van der Waals surface area contributed by atoms with Crippen LogP contribution >= 0.6 is 0 Å². The SMILES string of the molecule is CCCn1ncnc1CC1CCCCC1NC. The van der Waals surface area contributed by atoms with Gasteiger partial charge in [0, 0.05) is 19.0 Å². The van der Waals surface area contributed by atoms with Crippen molar-refractivity contribution in [2.24, 2.45) is 5.92 Å². The molecule has 2 atom stereocenters. The fourth-order valence-corrected chi connectivity index (χ4v) is 2.91. The van der Waals surface area contributed by atoms with Crippen LogP contribution in [0.15, 0.2) is 6.33 Å². The van der Waals surface area contributed by atoms with Gasteiger partial charge in [0.1, 0.15) is 12.2 Å². The van der Waals surface area contributed by atoms with Crippen LogP contribution in [0.5, 0.6) is 0 Å². The van der Waals surface area contributed by atoms with Crippen LogP contribution < -0.4 is 5.32 Å². The number of aryl methyl sites for hydroxylation is 1. The molecule has 4 heteroatoms. The van der Waals surface area contributed by atoms with E-state index in [1.807, 2.05) is 0 Å². The van der Waals surface area contributed by atoms with Gasteiger partial charge in [-0.3, -0.25) is 4.68 Å². The second-order valence-electron chi connectivity index (χ2n) is 5.04. The van der Waals surface area contributed by atoms with Gasteiger partial charge >= 0.3 is 0 Å². The number of rotatable bonds is 5. The highest BCUT2D eigenvalue weighted by atomic mass is 15.3. The number of hydrogen-bond donors (Lipinski definition) is 1. The minimum atomic E-state index is 0.663. The average molecular weight is 236 g/mol. The van der Waals surface area contributed by atoms with Gasteiger partial charge in [0.2, 0.25) is 0 Å². The molecule has 0 saturated heterocycles. The number of aromatic nitrogens is 3. The molecule has 2 rings (SSSR count). The Balaban J connectivity index is 2.00. The summed E-state index contributed by atoms with van der Waals surface area (Å²) in [7, 11) is 2.08. The first-order valence-electron chi connectivity index (χ1n) is 6.89. The molecule has 0 aromatic carbocycles. The van der Waals surface area contributed by atoms with E-state index in [0.717, 1.165) is 25.3 Å². The molecule has 1 heterocycles. The van der Waals surface area contributed by atoms with E-state index in [-0.39, 0.29) is 0 Å². The van der Waals surface area contributed by atoms with Gasteiger partial charge in [-0.05, 0) is 32.2 Å². The lowest BCUT2D eigenvalue weighted by Gasteiger charge is -2.31. The van der Waals surface area contributed by atoms with Crippen molar-refractivity contribution in [3.63, 3.8) is 0 Å². The summed E-state index contributed by atoms with van der Waals surface area (Å²) in [6, 6.07) is 0.663. The summed E-state index contributed by atoms with van der Waals surface area (Å²) >= 11 is 0. The highest BCUT2D eigenvalue weighted by molar-refractivity contribution is 4.92. The van der Waals surface area contributed by atoms with Crippen LogP contribution in [-0.4, -0.2) is 27.9 Å². The zero-order valence-corrected chi connectivity index (χ0v) is 11.0. The Bertz CT molecular complexity index is 334. The molecule has 1 saturated carbocycles. The average Bonchev–Trinajstić information content (AvgIpc) is 2.78. The maximum absolute atomic E-state index is 4.42. The Morgan fingerprint density at radius 3 is 3.00 bits per heavy atom. The van der Waals surface area contributed by atoms with E-state index in [4.69, 9.17) is 0 Å². The lowest BCUT2D eigenvalue weighted by molar-refractivity contribution is 0.266. The third-order valence-electron chi connectivity index (χ3n) is 3.86. The monoisotopic (exact) mass is 236 g/mol. The Kier molecular flexibility index (Phi) is 4.54. The summed E-state index contributed by atoms with van der Waals surface area (Å²) in [6.07, 6.45) is 9.26. The van der Waals surface area contributed by atoms with Gasteiger partial charge in [0.25, 0.3) is 0 Å². The van der Waals surface area contributed by atoms with Gasteiger partial charge < -0.3 is 5.32 Å². The number of hydrogen-bond acceptors (Lipinski definition) is 3. The van der Waals surface area contributed by atoms with Gasteiger partial charge in [-0.1, -0.05) is 19.8 Å². The van der Waals surface area contributed by atoms with Crippen molar-refractivity contribution in [1.82, 2.24) is 20.1 Å². The standard InChI is InChI=1S/C13H24N4/c1-3-8-17-13(15-10-16-17)9-11-6-4-5-7-12(11)14-2/h10-12,14H,3-9H2,1-2H3. The summed E-state index contributed by atoms with van der Waals surface area (Å²) in [6.45, 7) is 3.18. The molecule has 4 nitrogen and oxygen atoms in total. The molecule has 0 aliphatic heterocycles. The molecule has 96 valence electrons. The van der Waals surface area contributed by atoms with Crippen molar-refractivity contribution < 1.29 is 0 Å². The van der Waals surface area contributed by atoms with Crippen LogP contribution in [0.25, 0.3) is 0 Å². The van der Waals surface area contributed by atoms with Crippen LogP contribution in [0.3, 0.4) is 0 Å². The molecular weight excluding hydrogens is 212 g/mol. The molecule has 0 spiro atoms.